The molecule has 0 radical (unpaired) electrons. The van der Waals surface area contributed by atoms with Crippen LogP contribution in [-0.4, -0.2) is 40.5 Å². The Balaban J connectivity index is 1.57. The summed E-state index contributed by atoms with van der Waals surface area (Å²) in [7, 11) is 2.08. The molecule has 3 aromatic heterocycles. The molecule has 1 saturated heterocycles. The van der Waals surface area contributed by atoms with Crippen molar-refractivity contribution in [2.45, 2.75) is 26.3 Å². The number of aryl methyl sites for hydroxylation is 2. The fourth-order valence-corrected chi connectivity index (χ4v) is 4.11. The number of fused-ring (bicyclic) bond motifs is 2. The van der Waals surface area contributed by atoms with E-state index >= 15 is 0 Å². The number of likely N-dealkylation sites (N-methyl/N-ethyl adjacent to an activating group) is 1. The first-order valence-corrected chi connectivity index (χ1v) is 9.84. The van der Waals surface area contributed by atoms with Crippen molar-refractivity contribution in [1.29, 1.82) is 0 Å². The summed E-state index contributed by atoms with van der Waals surface area (Å²) in [6, 6.07) is 8.34. The molecule has 7 nitrogen and oxygen atoms in total. The fourth-order valence-electron chi connectivity index (χ4n) is 4.11. The van der Waals surface area contributed by atoms with Crippen molar-refractivity contribution in [2.24, 2.45) is 0 Å². The number of rotatable bonds is 3. The summed E-state index contributed by atoms with van der Waals surface area (Å²) < 4.78 is 7.59. The van der Waals surface area contributed by atoms with E-state index < -0.39 is 0 Å². The largest absolute Gasteiger partial charge is 0.422 e. The molecule has 0 unspecified atom stereocenters. The summed E-state index contributed by atoms with van der Waals surface area (Å²) in [5.41, 5.74) is 4.78. The molecular weight excluding hydrogens is 366 g/mol. The molecule has 5 rings (SSSR count). The summed E-state index contributed by atoms with van der Waals surface area (Å²) in [5, 5.41) is 4.26. The van der Waals surface area contributed by atoms with E-state index in [2.05, 4.69) is 33.3 Å². The van der Waals surface area contributed by atoms with Crippen LogP contribution in [0.5, 0.6) is 0 Å². The van der Waals surface area contributed by atoms with Gasteiger partial charge in [-0.3, -0.25) is 4.98 Å². The van der Waals surface area contributed by atoms with E-state index in [1.54, 1.807) is 0 Å². The van der Waals surface area contributed by atoms with Crippen LogP contribution in [0.25, 0.3) is 27.9 Å². The van der Waals surface area contributed by atoms with E-state index in [4.69, 9.17) is 4.42 Å². The van der Waals surface area contributed by atoms with Crippen LogP contribution in [0.3, 0.4) is 0 Å². The first kappa shape index (κ1) is 17.9. The number of anilines is 1. The zero-order chi connectivity index (χ0) is 20.1. The number of benzene rings is 1. The molecule has 1 N–H and O–H groups in total. The topological polar surface area (TPSA) is 75.7 Å². The van der Waals surface area contributed by atoms with Crippen molar-refractivity contribution < 1.29 is 4.42 Å². The maximum absolute atomic E-state index is 12.7. The number of nitrogens with one attached hydrogen (secondary N) is 1. The predicted octanol–water partition coefficient (Wildman–Crippen LogP) is 2.92. The Hall–Kier alpha value is -3.19. The molecule has 1 aliphatic heterocycles. The lowest BCUT2D eigenvalue weighted by Crippen LogP contribution is -2.33. The van der Waals surface area contributed by atoms with Gasteiger partial charge in [-0.1, -0.05) is 0 Å². The molecule has 148 valence electrons. The van der Waals surface area contributed by atoms with Gasteiger partial charge in [0.15, 0.2) is 5.65 Å². The highest BCUT2D eigenvalue weighted by Crippen LogP contribution is 2.26. The van der Waals surface area contributed by atoms with Gasteiger partial charge in [0, 0.05) is 49.2 Å². The minimum atomic E-state index is -0.384. The smallest absolute Gasteiger partial charge is 0.345 e. The molecular formula is C22H23N5O2. The number of hydrogen-bond donors (Lipinski definition) is 1. The second kappa shape index (κ2) is 6.70. The Kier molecular flexibility index (Phi) is 4.13. The molecule has 1 atom stereocenters. The summed E-state index contributed by atoms with van der Waals surface area (Å²) in [6.45, 7) is 5.86. The van der Waals surface area contributed by atoms with Gasteiger partial charge in [0.1, 0.15) is 5.58 Å². The van der Waals surface area contributed by atoms with Crippen LogP contribution in [0.2, 0.25) is 0 Å². The monoisotopic (exact) mass is 389 g/mol. The minimum Gasteiger partial charge on any atom is -0.422 e. The van der Waals surface area contributed by atoms with E-state index in [1.165, 1.54) is 0 Å². The van der Waals surface area contributed by atoms with Gasteiger partial charge in [-0.2, -0.15) is 0 Å². The molecule has 1 aromatic carbocycles. The Morgan fingerprint density at radius 1 is 1.21 bits per heavy atom. The molecule has 29 heavy (non-hydrogen) atoms. The lowest BCUT2D eigenvalue weighted by Gasteiger charge is -2.26. The third-order valence-corrected chi connectivity index (χ3v) is 5.71. The number of imidazole rings is 1. The average Bonchev–Trinajstić information content (AvgIpc) is 3.36. The second-order valence-corrected chi connectivity index (χ2v) is 7.75. The zero-order valence-corrected chi connectivity index (χ0v) is 16.8. The average molecular weight is 389 g/mol. The molecule has 0 amide bonds. The molecule has 0 aliphatic carbocycles. The third kappa shape index (κ3) is 3.07. The normalized spacial score (nSPS) is 16.7. The number of hydrogen-bond acceptors (Lipinski definition) is 6. The van der Waals surface area contributed by atoms with Gasteiger partial charge < -0.3 is 19.0 Å². The van der Waals surface area contributed by atoms with Crippen molar-refractivity contribution >= 4 is 22.3 Å². The maximum atomic E-state index is 12.7. The van der Waals surface area contributed by atoms with Crippen molar-refractivity contribution in [3.8, 4) is 11.3 Å². The Labute approximate surface area is 168 Å². The summed E-state index contributed by atoms with van der Waals surface area (Å²) in [5.74, 6) is 0. The summed E-state index contributed by atoms with van der Waals surface area (Å²) >= 11 is 0. The summed E-state index contributed by atoms with van der Waals surface area (Å²) in [6.07, 6.45) is 4.87. The van der Waals surface area contributed by atoms with Gasteiger partial charge in [-0.05, 0) is 45.0 Å². The van der Waals surface area contributed by atoms with Crippen LogP contribution < -0.4 is 15.8 Å². The number of nitrogens with zero attached hydrogens (tertiary/aromatic N) is 4. The quantitative estimate of drug-likeness (QED) is 0.543. The van der Waals surface area contributed by atoms with E-state index in [1.807, 2.05) is 48.8 Å². The minimum absolute atomic E-state index is 0.384. The Bertz CT molecular complexity index is 1280. The van der Waals surface area contributed by atoms with Crippen molar-refractivity contribution in [3.05, 3.63) is 58.5 Å². The van der Waals surface area contributed by atoms with Gasteiger partial charge in [-0.25, -0.2) is 9.78 Å². The highest BCUT2D eigenvalue weighted by Gasteiger charge is 2.20. The highest BCUT2D eigenvalue weighted by molar-refractivity contribution is 5.84. The number of aromatic nitrogens is 3. The van der Waals surface area contributed by atoms with Gasteiger partial charge in [0.05, 0.1) is 22.6 Å². The summed E-state index contributed by atoms with van der Waals surface area (Å²) in [4.78, 5) is 24.0. The lowest BCUT2D eigenvalue weighted by molar-refractivity contribution is 0.563. The van der Waals surface area contributed by atoms with Crippen LogP contribution in [-0.2, 0) is 0 Å². The van der Waals surface area contributed by atoms with E-state index in [-0.39, 0.29) is 5.63 Å². The van der Waals surface area contributed by atoms with E-state index in [0.717, 1.165) is 47.6 Å². The second-order valence-electron chi connectivity index (χ2n) is 7.75. The van der Waals surface area contributed by atoms with Crippen LogP contribution in [0.4, 0.5) is 5.69 Å². The molecule has 0 saturated carbocycles. The van der Waals surface area contributed by atoms with Gasteiger partial charge in [0.25, 0.3) is 0 Å². The standard InChI is InChI=1S/C22H23N5O2/c1-13-11-27-12-19(25-21(27)14(2)24-13)18-8-15-4-5-16(9-20(15)29-22(18)28)26(3)17-6-7-23-10-17/h4-5,8-9,11-12,17,23H,6-7,10H2,1-3H3/t17-/m0/s1. The van der Waals surface area contributed by atoms with Gasteiger partial charge in [-0.15, -0.1) is 0 Å². The van der Waals surface area contributed by atoms with Crippen molar-refractivity contribution in [3.63, 3.8) is 0 Å². The van der Waals surface area contributed by atoms with Crippen LogP contribution in [0, 0.1) is 13.8 Å². The molecule has 1 aliphatic rings. The van der Waals surface area contributed by atoms with Gasteiger partial charge >= 0.3 is 5.63 Å². The Morgan fingerprint density at radius 3 is 2.86 bits per heavy atom. The first-order valence-electron chi connectivity index (χ1n) is 9.84. The van der Waals surface area contributed by atoms with Crippen molar-refractivity contribution in [1.82, 2.24) is 19.7 Å². The Morgan fingerprint density at radius 2 is 2.07 bits per heavy atom. The molecule has 4 aromatic rings. The van der Waals surface area contributed by atoms with Crippen LogP contribution >= 0.6 is 0 Å². The third-order valence-electron chi connectivity index (χ3n) is 5.71. The van der Waals surface area contributed by atoms with E-state index in [9.17, 15) is 4.79 Å². The molecule has 0 spiro atoms. The van der Waals surface area contributed by atoms with E-state index in [0.29, 0.717) is 22.9 Å². The fraction of sp³-hybridized carbons (Fsp3) is 0.318. The molecule has 1 fully saturated rings. The van der Waals surface area contributed by atoms with Gasteiger partial charge in [0.2, 0.25) is 0 Å². The lowest BCUT2D eigenvalue weighted by atomic mass is 10.1. The highest BCUT2D eigenvalue weighted by atomic mass is 16.4. The van der Waals surface area contributed by atoms with Crippen LogP contribution in [0.15, 0.2) is 45.9 Å². The van der Waals surface area contributed by atoms with Crippen LogP contribution in [0.1, 0.15) is 17.8 Å². The predicted molar refractivity (Wildman–Crippen MR) is 114 cm³/mol. The van der Waals surface area contributed by atoms with Crippen molar-refractivity contribution in [2.75, 3.05) is 25.0 Å². The first-order chi connectivity index (χ1) is 14.0. The molecule has 0 bridgehead atoms. The molecule has 4 heterocycles. The zero-order valence-electron chi connectivity index (χ0n) is 16.8. The SMILES string of the molecule is Cc1cn2cc(-c3cc4ccc(N(C)[C@H]5CCNC5)cc4oc3=O)nc2c(C)n1. The molecule has 7 heteroatoms. The maximum Gasteiger partial charge on any atom is 0.345 e.